The van der Waals surface area contributed by atoms with E-state index in [0.29, 0.717) is 0 Å². The van der Waals surface area contributed by atoms with Crippen molar-refractivity contribution in [1.82, 2.24) is 0 Å². The van der Waals surface area contributed by atoms with Gasteiger partial charge in [-0.05, 0) is 18.9 Å². The van der Waals surface area contributed by atoms with Crippen LogP contribution in [-0.2, 0) is 6.42 Å². The zero-order valence-corrected chi connectivity index (χ0v) is 8.14. The van der Waals surface area contributed by atoms with Crippen LogP contribution in [0, 0.1) is 6.92 Å². The summed E-state index contributed by atoms with van der Waals surface area (Å²) in [5.41, 5.74) is 2.83. The van der Waals surface area contributed by atoms with Crippen LogP contribution >= 0.6 is 0 Å². The van der Waals surface area contributed by atoms with Gasteiger partial charge in [0.1, 0.15) is 0 Å². The standard InChI is InChI=1S/C10H14.C2H4/c1-3-5-10-7-4-6-9(2)8-10;1-2/h4,6-8H,3,5H2,1-2H3;1-2H2. The molecule has 0 heterocycles. The Morgan fingerprint density at radius 3 is 2.42 bits per heavy atom. The molecule has 0 aliphatic carbocycles. The van der Waals surface area contributed by atoms with E-state index >= 15 is 0 Å². The molecular weight excluding hydrogens is 144 g/mol. The summed E-state index contributed by atoms with van der Waals surface area (Å²) in [5.74, 6) is 0. The van der Waals surface area contributed by atoms with E-state index in [1.54, 1.807) is 0 Å². The molecule has 66 valence electrons. The summed E-state index contributed by atoms with van der Waals surface area (Å²) in [6.07, 6.45) is 2.45. The van der Waals surface area contributed by atoms with E-state index in [0.717, 1.165) is 0 Å². The predicted octanol–water partition coefficient (Wildman–Crippen LogP) is 3.75. The Labute approximate surface area is 75.9 Å². The van der Waals surface area contributed by atoms with Crippen LogP contribution in [0.1, 0.15) is 24.5 Å². The lowest BCUT2D eigenvalue weighted by atomic mass is 10.1. The minimum atomic E-state index is 1.21. The third-order valence-corrected chi connectivity index (χ3v) is 1.62. The Balaban J connectivity index is 0.000000561. The van der Waals surface area contributed by atoms with Gasteiger partial charge in [-0.2, -0.15) is 0 Å². The third-order valence-electron chi connectivity index (χ3n) is 1.62. The highest BCUT2D eigenvalue weighted by atomic mass is 13.9. The fourth-order valence-corrected chi connectivity index (χ4v) is 1.16. The van der Waals surface area contributed by atoms with Crippen LogP contribution in [0.5, 0.6) is 0 Å². The van der Waals surface area contributed by atoms with Gasteiger partial charge in [0.2, 0.25) is 0 Å². The summed E-state index contributed by atoms with van der Waals surface area (Å²) >= 11 is 0. The maximum Gasteiger partial charge on any atom is -0.0281 e. The largest absolute Gasteiger partial charge is 0.106 e. The summed E-state index contributed by atoms with van der Waals surface area (Å²) in [6.45, 7) is 10.3. The Hall–Kier alpha value is -1.04. The SMILES string of the molecule is C=C.CCCc1cccc(C)c1. The fraction of sp³-hybridized carbons (Fsp3) is 0.333. The highest BCUT2D eigenvalue weighted by Crippen LogP contribution is 2.05. The van der Waals surface area contributed by atoms with Crippen molar-refractivity contribution in [1.29, 1.82) is 0 Å². The van der Waals surface area contributed by atoms with Gasteiger partial charge in [-0.3, -0.25) is 0 Å². The molecule has 0 amide bonds. The van der Waals surface area contributed by atoms with Crippen molar-refractivity contribution in [2.45, 2.75) is 26.7 Å². The summed E-state index contributed by atoms with van der Waals surface area (Å²) in [7, 11) is 0. The van der Waals surface area contributed by atoms with E-state index in [9.17, 15) is 0 Å². The molecule has 12 heavy (non-hydrogen) atoms. The first-order valence-corrected chi connectivity index (χ1v) is 4.38. The van der Waals surface area contributed by atoms with E-state index in [1.165, 1.54) is 24.0 Å². The van der Waals surface area contributed by atoms with E-state index in [4.69, 9.17) is 0 Å². The maximum atomic E-state index is 3.00. The van der Waals surface area contributed by atoms with Crippen molar-refractivity contribution in [3.8, 4) is 0 Å². The molecule has 0 N–H and O–H groups in total. The zero-order valence-electron chi connectivity index (χ0n) is 8.14. The van der Waals surface area contributed by atoms with E-state index in [-0.39, 0.29) is 0 Å². The van der Waals surface area contributed by atoms with Crippen molar-refractivity contribution in [3.63, 3.8) is 0 Å². The topological polar surface area (TPSA) is 0 Å². The summed E-state index contributed by atoms with van der Waals surface area (Å²) in [6, 6.07) is 8.71. The van der Waals surface area contributed by atoms with Gasteiger partial charge >= 0.3 is 0 Å². The third kappa shape index (κ3) is 3.97. The van der Waals surface area contributed by atoms with Crippen LogP contribution in [-0.4, -0.2) is 0 Å². The molecule has 0 saturated carbocycles. The molecule has 0 unspecified atom stereocenters. The van der Waals surface area contributed by atoms with Gasteiger partial charge in [0.25, 0.3) is 0 Å². The van der Waals surface area contributed by atoms with Crippen LogP contribution < -0.4 is 0 Å². The Morgan fingerprint density at radius 2 is 1.92 bits per heavy atom. The molecule has 0 bridgehead atoms. The molecule has 1 rings (SSSR count). The van der Waals surface area contributed by atoms with Crippen molar-refractivity contribution >= 4 is 0 Å². The monoisotopic (exact) mass is 162 g/mol. The van der Waals surface area contributed by atoms with Crippen molar-refractivity contribution in [2.75, 3.05) is 0 Å². The zero-order chi connectivity index (χ0) is 9.40. The molecule has 1 aromatic carbocycles. The molecule has 0 fully saturated rings. The Kier molecular flexibility index (Phi) is 6.08. The first-order valence-electron chi connectivity index (χ1n) is 4.38. The van der Waals surface area contributed by atoms with Gasteiger partial charge in [-0.25, -0.2) is 0 Å². The second kappa shape index (κ2) is 6.66. The van der Waals surface area contributed by atoms with Crippen LogP contribution in [0.15, 0.2) is 37.4 Å². The second-order valence-electron chi connectivity index (χ2n) is 2.74. The molecule has 0 heteroatoms. The van der Waals surface area contributed by atoms with E-state index in [2.05, 4.69) is 51.3 Å². The van der Waals surface area contributed by atoms with Crippen LogP contribution in [0.3, 0.4) is 0 Å². The molecule has 0 spiro atoms. The average molecular weight is 162 g/mol. The molecule has 0 radical (unpaired) electrons. The smallest absolute Gasteiger partial charge is 0.0281 e. The average Bonchev–Trinajstić information content (AvgIpc) is 2.09. The van der Waals surface area contributed by atoms with Gasteiger partial charge in [-0.1, -0.05) is 43.2 Å². The minimum Gasteiger partial charge on any atom is -0.106 e. The molecule has 0 saturated heterocycles. The van der Waals surface area contributed by atoms with Gasteiger partial charge in [0, 0.05) is 0 Å². The lowest BCUT2D eigenvalue weighted by Gasteiger charge is -1.97. The summed E-state index contributed by atoms with van der Waals surface area (Å²) in [5, 5.41) is 0. The highest BCUT2D eigenvalue weighted by molar-refractivity contribution is 5.21. The predicted molar refractivity (Wildman–Crippen MR) is 56.4 cm³/mol. The number of aryl methyl sites for hydroxylation is 2. The number of hydrogen-bond donors (Lipinski definition) is 0. The quantitative estimate of drug-likeness (QED) is 0.581. The molecule has 0 aliphatic rings. The van der Waals surface area contributed by atoms with Crippen molar-refractivity contribution in [2.24, 2.45) is 0 Å². The molecule has 0 aliphatic heterocycles. The second-order valence-corrected chi connectivity index (χ2v) is 2.74. The Morgan fingerprint density at radius 1 is 1.25 bits per heavy atom. The van der Waals surface area contributed by atoms with Gasteiger partial charge in [0.05, 0.1) is 0 Å². The Bertz CT molecular complexity index is 213. The van der Waals surface area contributed by atoms with Crippen LogP contribution in [0.25, 0.3) is 0 Å². The minimum absolute atomic E-state index is 1.21. The van der Waals surface area contributed by atoms with Gasteiger partial charge < -0.3 is 0 Å². The molecule has 0 aromatic heterocycles. The number of rotatable bonds is 2. The van der Waals surface area contributed by atoms with E-state index in [1.807, 2.05) is 0 Å². The molecule has 0 nitrogen and oxygen atoms in total. The molecule has 0 atom stereocenters. The number of hydrogen-bond acceptors (Lipinski definition) is 0. The maximum absolute atomic E-state index is 3.00. The molecule has 1 aromatic rings. The first-order chi connectivity index (χ1) is 5.83. The molecular formula is C12H18. The lowest BCUT2D eigenvalue weighted by molar-refractivity contribution is 0.920. The highest BCUT2D eigenvalue weighted by Gasteiger charge is 1.88. The number of benzene rings is 1. The van der Waals surface area contributed by atoms with Crippen LogP contribution in [0.4, 0.5) is 0 Å². The van der Waals surface area contributed by atoms with E-state index < -0.39 is 0 Å². The van der Waals surface area contributed by atoms with Crippen LogP contribution in [0.2, 0.25) is 0 Å². The van der Waals surface area contributed by atoms with Gasteiger partial charge in [0.15, 0.2) is 0 Å². The van der Waals surface area contributed by atoms with Crippen molar-refractivity contribution in [3.05, 3.63) is 48.6 Å². The van der Waals surface area contributed by atoms with Gasteiger partial charge in [-0.15, -0.1) is 13.2 Å². The summed E-state index contributed by atoms with van der Waals surface area (Å²) in [4.78, 5) is 0. The lowest BCUT2D eigenvalue weighted by Crippen LogP contribution is -1.82. The normalized spacial score (nSPS) is 8.50. The first kappa shape index (κ1) is 11.0. The summed E-state index contributed by atoms with van der Waals surface area (Å²) < 4.78 is 0. The fourth-order valence-electron chi connectivity index (χ4n) is 1.16. The van der Waals surface area contributed by atoms with Crippen molar-refractivity contribution < 1.29 is 0 Å².